The van der Waals surface area contributed by atoms with Gasteiger partial charge in [0.05, 0.1) is 5.69 Å². The maximum Gasteiger partial charge on any atom is 0.185 e. The number of nitrogens with zero attached hydrogens (tertiary/aromatic N) is 2. The molecule has 0 aliphatic carbocycles. The van der Waals surface area contributed by atoms with E-state index in [1.807, 2.05) is 11.3 Å². The van der Waals surface area contributed by atoms with Crippen molar-refractivity contribution >= 4 is 16.5 Å². The van der Waals surface area contributed by atoms with Crippen LogP contribution in [0.4, 0.5) is 5.13 Å². The Balaban J connectivity index is 1.93. The SMILES string of the molecule is COCC1CCN(c2nc(C)c(CNC(C)(C)C)s2)CC1. The van der Waals surface area contributed by atoms with Gasteiger partial charge in [0.15, 0.2) is 5.13 Å². The second kappa shape index (κ2) is 7.07. The maximum atomic E-state index is 5.27. The lowest BCUT2D eigenvalue weighted by molar-refractivity contribution is 0.139. The van der Waals surface area contributed by atoms with Gasteiger partial charge in [-0.25, -0.2) is 4.98 Å². The van der Waals surface area contributed by atoms with E-state index in [-0.39, 0.29) is 5.54 Å². The zero-order valence-corrected chi connectivity index (χ0v) is 14.8. The number of methoxy groups -OCH3 is 1. The van der Waals surface area contributed by atoms with E-state index in [1.165, 1.54) is 28.5 Å². The van der Waals surface area contributed by atoms with Crippen LogP contribution in [0.25, 0.3) is 0 Å². The fourth-order valence-corrected chi connectivity index (χ4v) is 3.64. The highest BCUT2D eigenvalue weighted by Gasteiger charge is 2.22. The zero-order chi connectivity index (χ0) is 15.5. The third-order valence-corrected chi connectivity index (χ3v) is 5.17. The predicted molar refractivity (Wildman–Crippen MR) is 90.3 cm³/mol. The lowest BCUT2D eigenvalue weighted by Crippen LogP contribution is -2.35. The molecule has 4 nitrogen and oxygen atoms in total. The lowest BCUT2D eigenvalue weighted by atomic mass is 9.98. The topological polar surface area (TPSA) is 37.4 Å². The van der Waals surface area contributed by atoms with Gasteiger partial charge >= 0.3 is 0 Å². The summed E-state index contributed by atoms with van der Waals surface area (Å²) < 4.78 is 5.27. The molecule has 0 atom stereocenters. The molecule has 0 bridgehead atoms. The Bertz CT molecular complexity index is 445. The molecule has 1 saturated heterocycles. The predicted octanol–water partition coefficient (Wildman–Crippen LogP) is 3.20. The summed E-state index contributed by atoms with van der Waals surface area (Å²) in [5, 5.41) is 4.74. The highest BCUT2D eigenvalue weighted by molar-refractivity contribution is 7.15. The Kier molecular flexibility index (Phi) is 5.63. The van der Waals surface area contributed by atoms with E-state index in [4.69, 9.17) is 9.72 Å². The first kappa shape index (κ1) is 16.7. The second-order valence-corrected chi connectivity index (χ2v) is 8.06. The number of piperidine rings is 1. The van der Waals surface area contributed by atoms with Crippen molar-refractivity contribution < 1.29 is 4.74 Å². The minimum Gasteiger partial charge on any atom is -0.384 e. The molecule has 0 saturated carbocycles. The quantitative estimate of drug-likeness (QED) is 0.906. The van der Waals surface area contributed by atoms with Crippen molar-refractivity contribution in [2.45, 2.75) is 52.6 Å². The zero-order valence-electron chi connectivity index (χ0n) is 14.0. The highest BCUT2D eigenvalue weighted by Crippen LogP contribution is 2.30. The van der Waals surface area contributed by atoms with E-state index in [2.05, 4.69) is 37.9 Å². The van der Waals surface area contributed by atoms with E-state index < -0.39 is 0 Å². The number of aryl methyl sites for hydroxylation is 1. The first-order valence-electron chi connectivity index (χ1n) is 7.84. The molecular weight excluding hydrogens is 282 g/mol. The van der Waals surface area contributed by atoms with Crippen LogP contribution in [0.5, 0.6) is 0 Å². The molecule has 0 radical (unpaired) electrons. The standard InChI is InChI=1S/C16H29N3OS/c1-12-14(10-17-16(2,3)4)21-15(18-12)19-8-6-13(7-9-19)11-20-5/h13,17H,6-11H2,1-5H3. The van der Waals surface area contributed by atoms with Crippen LogP contribution in [0.2, 0.25) is 0 Å². The number of nitrogens with one attached hydrogen (secondary N) is 1. The van der Waals surface area contributed by atoms with Gasteiger partial charge in [0.2, 0.25) is 0 Å². The summed E-state index contributed by atoms with van der Waals surface area (Å²) in [7, 11) is 1.80. The minimum absolute atomic E-state index is 0.148. The minimum atomic E-state index is 0.148. The summed E-state index contributed by atoms with van der Waals surface area (Å²) in [6, 6.07) is 0. The van der Waals surface area contributed by atoms with Crippen LogP contribution in [0.3, 0.4) is 0 Å². The van der Waals surface area contributed by atoms with Gasteiger partial charge in [0.25, 0.3) is 0 Å². The molecule has 1 aliphatic heterocycles. The molecule has 1 aromatic heterocycles. The average Bonchev–Trinajstić information content (AvgIpc) is 2.78. The van der Waals surface area contributed by atoms with Gasteiger partial charge in [-0.3, -0.25) is 0 Å². The maximum absolute atomic E-state index is 5.27. The van der Waals surface area contributed by atoms with Crippen LogP contribution < -0.4 is 10.2 Å². The van der Waals surface area contributed by atoms with Gasteiger partial charge < -0.3 is 15.0 Å². The molecule has 1 aliphatic rings. The normalized spacial score (nSPS) is 17.5. The fourth-order valence-electron chi connectivity index (χ4n) is 2.58. The first-order chi connectivity index (χ1) is 9.89. The Morgan fingerprint density at radius 1 is 1.33 bits per heavy atom. The lowest BCUT2D eigenvalue weighted by Gasteiger charge is -2.31. The molecule has 0 amide bonds. The molecule has 2 rings (SSSR count). The van der Waals surface area contributed by atoms with Crippen LogP contribution in [0, 0.1) is 12.8 Å². The summed E-state index contributed by atoms with van der Waals surface area (Å²) in [6.45, 7) is 12.7. The number of thiazole rings is 1. The molecule has 1 aromatic rings. The van der Waals surface area contributed by atoms with E-state index in [9.17, 15) is 0 Å². The monoisotopic (exact) mass is 311 g/mol. The van der Waals surface area contributed by atoms with Crippen molar-refractivity contribution in [3.63, 3.8) is 0 Å². The summed E-state index contributed by atoms with van der Waals surface area (Å²) in [5.41, 5.74) is 1.32. The number of hydrogen-bond donors (Lipinski definition) is 1. The molecule has 1 fully saturated rings. The fraction of sp³-hybridized carbons (Fsp3) is 0.812. The first-order valence-corrected chi connectivity index (χ1v) is 8.66. The largest absolute Gasteiger partial charge is 0.384 e. The molecule has 0 spiro atoms. The molecule has 0 aromatic carbocycles. The Morgan fingerprint density at radius 2 is 2.00 bits per heavy atom. The number of hydrogen-bond acceptors (Lipinski definition) is 5. The summed E-state index contributed by atoms with van der Waals surface area (Å²) in [6.07, 6.45) is 2.42. The highest BCUT2D eigenvalue weighted by atomic mass is 32.1. The van der Waals surface area contributed by atoms with Gasteiger partial charge in [0, 0.05) is 43.8 Å². The van der Waals surface area contributed by atoms with Crippen LogP contribution in [-0.2, 0) is 11.3 Å². The third kappa shape index (κ3) is 4.94. The molecule has 21 heavy (non-hydrogen) atoms. The molecule has 0 unspecified atom stereocenters. The summed E-state index contributed by atoms with van der Waals surface area (Å²) in [5.74, 6) is 0.717. The average molecular weight is 311 g/mol. The number of aromatic nitrogens is 1. The summed E-state index contributed by atoms with van der Waals surface area (Å²) in [4.78, 5) is 8.57. The second-order valence-electron chi connectivity index (χ2n) is 6.99. The van der Waals surface area contributed by atoms with Crippen molar-refractivity contribution in [1.29, 1.82) is 0 Å². The molecule has 5 heteroatoms. The Labute approximate surface area is 132 Å². The van der Waals surface area contributed by atoms with Crippen molar-refractivity contribution in [2.24, 2.45) is 5.92 Å². The van der Waals surface area contributed by atoms with Crippen LogP contribution in [0.1, 0.15) is 44.2 Å². The van der Waals surface area contributed by atoms with Gasteiger partial charge in [-0.05, 0) is 46.5 Å². The molecular formula is C16H29N3OS. The molecule has 2 heterocycles. The number of rotatable bonds is 5. The number of anilines is 1. The third-order valence-electron chi connectivity index (χ3n) is 3.95. The van der Waals surface area contributed by atoms with E-state index in [0.717, 1.165) is 26.2 Å². The van der Waals surface area contributed by atoms with Crippen LogP contribution in [-0.4, -0.2) is 37.3 Å². The van der Waals surface area contributed by atoms with Gasteiger partial charge in [0.1, 0.15) is 0 Å². The van der Waals surface area contributed by atoms with E-state index in [1.54, 1.807) is 7.11 Å². The van der Waals surface area contributed by atoms with Crippen LogP contribution >= 0.6 is 11.3 Å². The van der Waals surface area contributed by atoms with E-state index >= 15 is 0 Å². The van der Waals surface area contributed by atoms with Gasteiger partial charge in [-0.1, -0.05) is 0 Å². The number of ether oxygens (including phenoxy) is 1. The van der Waals surface area contributed by atoms with Crippen molar-refractivity contribution in [2.75, 3.05) is 31.7 Å². The van der Waals surface area contributed by atoms with Crippen LogP contribution in [0.15, 0.2) is 0 Å². The smallest absolute Gasteiger partial charge is 0.185 e. The van der Waals surface area contributed by atoms with Gasteiger partial charge in [-0.15, -0.1) is 11.3 Å². The van der Waals surface area contributed by atoms with Crippen molar-refractivity contribution in [3.8, 4) is 0 Å². The molecule has 1 N–H and O–H groups in total. The van der Waals surface area contributed by atoms with Gasteiger partial charge in [-0.2, -0.15) is 0 Å². The summed E-state index contributed by atoms with van der Waals surface area (Å²) >= 11 is 1.84. The molecule has 120 valence electrons. The van der Waals surface area contributed by atoms with Crippen molar-refractivity contribution in [3.05, 3.63) is 10.6 Å². The Morgan fingerprint density at radius 3 is 2.57 bits per heavy atom. The Hall–Kier alpha value is -0.650. The van der Waals surface area contributed by atoms with E-state index in [0.29, 0.717) is 5.92 Å². The van der Waals surface area contributed by atoms with Crippen molar-refractivity contribution in [1.82, 2.24) is 10.3 Å².